The molecule has 5 aromatic carbocycles. The molecule has 0 aliphatic heterocycles. The van der Waals surface area contributed by atoms with Gasteiger partial charge < -0.3 is 9.84 Å². The minimum atomic E-state index is -4.78. The van der Waals surface area contributed by atoms with Gasteiger partial charge in [0.15, 0.2) is 6.10 Å². The first-order valence-corrected chi connectivity index (χ1v) is 14.7. The molecule has 0 saturated heterocycles. The predicted octanol–water partition coefficient (Wildman–Crippen LogP) is 7.32. The second-order valence-electron chi connectivity index (χ2n) is 9.90. The number of fused-ring (bicyclic) bond motifs is 1. The van der Waals surface area contributed by atoms with Crippen LogP contribution in [0.15, 0.2) is 120 Å². The van der Waals surface area contributed by atoms with E-state index in [2.05, 4.69) is 4.72 Å². The molecular formula is C33H26F3NO5S. The molecule has 10 heteroatoms. The second-order valence-corrected chi connectivity index (χ2v) is 11.6. The minimum absolute atomic E-state index is 0.0661. The van der Waals surface area contributed by atoms with Gasteiger partial charge in [0.2, 0.25) is 0 Å². The number of alkyl halides is 3. The monoisotopic (exact) mass is 605 g/mol. The summed E-state index contributed by atoms with van der Waals surface area (Å²) in [7, 11) is -4.46. The highest BCUT2D eigenvalue weighted by molar-refractivity contribution is 7.92. The summed E-state index contributed by atoms with van der Waals surface area (Å²) >= 11 is 0. The van der Waals surface area contributed by atoms with E-state index in [-0.39, 0.29) is 29.8 Å². The maximum atomic E-state index is 14.1. The maximum absolute atomic E-state index is 14.1. The molecule has 1 atom stereocenters. The number of aliphatic carboxylic acids is 1. The van der Waals surface area contributed by atoms with E-state index in [1.165, 1.54) is 24.3 Å². The van der Waals surface area contributed by atoms with Gasteiger partial charge in [-0.2, -0.15) is 13.2 Å². The highest BCUT2D eigenvalue weighted by Crippen LogP contribution is 2.37. The number of benzene rings is 5. The Bertz CT molecular complexity index is 1860. The van der Waals surface area contributed by atoms with Gasteiger partial charge in [0, 0.05) is 12.1 Å². The third-order valence-electron chi connectivity index (χ3n) is 6.85. The van der Waals surface area contributed by atoms with Crippen LogP contribution < -0.4 is 9.46 Å². The maximum Gasteiger partial charge on any atom is 0.416 e. The number of hydrogen-bond acceptors (Lipinski definition) is 4. The van der Waals surface area contributed by atoms with Gasteiger partial charge in [0.1, 0.15) is 5.75 Å². The molecule has 5 rings (SSSR count). The lowest BCUT2D eigenvalue weighted by atomic mass is 9.97. The van der Waals surface area contributed by atoms with E-state index in [1.54, 1.807) is 42.5 Å². The zero-order valence-corrected chi connectivity index (χ0v) is 23.4. The zero-order chi connectivity index (χ0) is 30.6. The first-order chi connectivity index (χ1) is 20.5. The van der Waals surface area contributed by atoms with Gasteiger partial charge in [0.25, 0.3) is 10.0 Å². The smallest absolute Gasteiger partial charge is 0.416 e. The van der Waals surface area contributed by atoms with E-state index in [0.717, 1.165) is 34.5 Å². The Morgan fingerprint density at radius 3 is 2.14 bits per heavy atom. The van der Waals surface area contributed by atoms with Gasteiger partial charge in [-0.3, -0.25) is 4.72 Å². The fourth-order valence-corrected chi connectivity index (χ4v) is 6.12. The van der Waals surface area contributed by atoms with Crippen LogP contribution in [0.1, 0.15) is 22.3 Å². The van der Waals surface area contributed by atoms with E-state index < -0.39 is 38.7 Å². The Balaban J connectivity index is 1.40. The van der Waals surface area contributed by atoms with Crippen molar-refractivity contribution in [1.82, 2.24) is 0 Å². The lowest BCUT2D eigenvalue weighted by Gasteiger charge is -2.19. The summed E-state index contributed by atoms with van der Waals surface area (Å²) in [6, 6.07) is 30.1. The van der Waals surface area contributed by atoms with Crippen molar-refractivity contribution < 1.29 is 36.2 Å². The SMILES string of the molecule is O=C(O)[C@H](Cc1ccccc1)Oc1ccc(NS(=O)(=O)c2cccc(C(F)(F)F)c2Cc2ccc3ccccc3c2)cc1. The molecule has 0 aliphatic rings. The highest BCUT2D eigenvalue weighted by atomic mass is 32.2. The van der Waals surface area contributed by atoms with Crippen LogP contribution in [0, 0.1) is 0 Å². The standard InChI is InChI=1S/C33H26F3NO5S/c34-33(35,36)29-11-6-12-31(28(29)20-23-13-14-24-9-4-5-10-25(24)19-23)43(40,41)37-26-15-17-27(18-16-26)42-30(32(38)39)21-22-7-2-1-3-8-22/h1-19,30,37H,20-21H2,(H,38,39)/t30-/m0/s1. The summed E-state index contributed by atoms with van der Waals surface area (Å²) in [5, 5.41) is 11.3. The van der Waals surface area contributed by atoms with Crippen molar-refractivity contribution in [2.24, 2.45) is 0 Å². The molecule has 0 heterocycles. The zero-order valence-electron chi connectivity index (χ0n) is 22.6. The summed E-state index contributed by atoms with van der Waals surface area (Å²) in [5.74, 6) is -0.987. The highest BCUT2D eigenvalue weighted by Gasteiger charge is 2.36. The summed E-state index contributed by atoms with van der Waals surface area (Å²) in [4.78, 5) is 11.3. The molecule has 0 aromatic heterocycles. The lowest BCUT2D eigenvalue weighted by molar-refractivity contribution is -0.145. The largest absolute Gasteiger partial charge is 0.478 e. The fraction of sp³-hybridized carbons (Fsp3) is 0.121. The van der Waals surface area contributed by atoms with Crippen LogP contribution in [-0.2, 0) is 33.8 Å². The molecule has 43 heavy (non-hydrogen) atoms. The van der Waals surface area contributed by atoms with Gasteiger partial charge in [-0.15, -0.1) is 0 Å². The molecule has 0 unspecified atom stereocenters. The number of anilines is 1. The first-order valence-electron chi connectivity index (χ1n) is 13.2. The quantitative estimate of drug-likeness (QED) is 0.174. The molecule has 0 amide bonds. The summed E-state index contributed by atoms with van der Waals surface area (Å²) in [6.45, 7) is 0. The molecule has 0 bridgehead atoms. The predicted molar refractivity (Wildman–Crippen MR) is 158 cm³/mol. The van der Waals surface area contributed by atoms with E-state index >= 15 is 0 Å². The molecular weight excluding hydrogens is 579 g/mol. The number of sulfonamides is 1. The van der Waals surface area contributed by atoms with Crippen LogP contribution in [-0.4, -0.2) is 25.6 Å². The Labute approximate surface area is 246 Å². The van der Waals surface area contributed by atoms with Crippen LogP contribution in [0.2, 0.25) is 0 Å². The first kappa shape index (κ1) is 29.7. The molecule has 0 radical (unpaired) electrons. The lowest BCUT2D eigenvalue weighted by Crippen LogP contribution is -2.29. The van der Waals surface area contributed by atoms with Crippen molar-refractivity contribution in [3.8, 4) is 5.75 Å². The molecule has 220 valence electrons. The number of carboxylic acids is 1. The molecule has 2 N–H and O–H groups in total. The Morgan fingerprint density at radius 1 is 0.791 bits per heavy atom. The topological polar surface area (TPSA) is 92.7 Å². The number of carboxylic acid groups (broad SMARTS) is 1. The summed E-state index contributed by atoms with van der Waals surface area (Å²) in [5.41, 5.74) is -0.0543. The Kier molecular flexibility index (Phi) is 8.40. The molecule has 0 saturated carbocycles. The van der Waals surface area contributed by atoms with Gasteiger partial charge in [-0.1, -0.05) is 78.9 Å². The second kappa shape index (κ2) is 12.2. The molecule has 0 spiro atoms. The number of rotatable bonds is 10. The minimum Gasteiger partial charge on any atom is -0.478 e. The average molecular weight is 606 g/mol. The van der Waals surface area contributed by atoms with Crippen LogP contribution in [0.3, 0.4) is 0 Å². The van der Waals surface area contributed by atoms with Crippen molar-refractivity contribution in [1.29, 1.82) is 0 Å². The van der Waals surface area contributed by atoms with E-state index in [9.17, 15) is 31.5 Å². The molecule has 0 fully saturated rings. The van der Waals surface area contributed by atoms with Crippen molar-refractivity contribution in [3.63, 3.8) is 0 Å². The van der Waals surface area contributed by atoms with Crippen molar-refractivity contribution in [2.75, 3.05) is 4.72 Å². The Hall–Kier alpha value is -4.83. The fourth-order valence-electron chi connectivity index (χ4n) is 4.80. The number of nitrogens with one attached hydrogen (secondary N) is 1. The van der Waals surface area contributed by atoms with Crippen molar-refractivity contribution in [3.05, 3.63) is 138 Å². The Morgan fingerprint density at radius 2 is 1.47 bits per heavy atom. The van der Waals surface area contributed by atoms with E-state index in [1.807, 2.05) is 30.3 Å². The van der Waals surface area contributed by atoms with Crippen LogP contribution >= 0.6 is 0 Å². The van der Waals surface area contributed by atoms with E-state index in [0.29, 0.717) is 5.56 Å². The summed E-state index contributed by atoms with van der Waals surface area (Å²) in [6.07, 6.45) is -6.12. The number of carbonyl (C=O) groups is 1. The van der Waals surface area contributed by atoms with Gasteiger partial charge in [-0.25, -0.2) is 13.2 Å². The average Bonchev–Trinajstić information content (AvgIpc) is 2.97. The number of halogens is 3. The molecule has 5 aromatic rings. The number of ether oxygens (including phenoxy) is 1. The summed E-state index contributed by atoms with van der Waals surface area (Å²) < 4.78 is 77.1. The van der Waals surface area contributed by atoms with Gasteiger partial charge >= 0.3 is 12.1 Å². The van der Waals surface area contributed by atoms with E-state index in [4.69, 9.17) is 4.74 Å². The molecule has 6 nitrogen and oxygen atoms in total. The van der Waals surface area contributed by atoms with Gasteiger partial charge in [-0.05, 0) is 70.3 Å². The van der Waals surface area contributed by atoms with Crippen LogP contribution in [0.5, 0.6) is 5.75 Å². The normalized spacial score (nSPS) is 12.5. The van der Waals surface area contributed by atoms with Crippen molar-refractivity contribution in [2.45, 2.75) is 30.0 Å². The van der Waals surface area contributed by atoms with Crippen LogP contribution in [0.4, 0.5) is 18.9 Å². The molecule has 0 aliphatic carbocycles. The number of hydrogen-bond donors (Lipinski definition) is 2. The third kappa shape index (κ3) is 7.15. The van der Waals surface area contributed by atoms with Crippen LogP contribution in [0.25, 0.3) is 10.8 Å². The van der Waals surface area contributed by atoms with Gasteiger partial charge in [0.05, 0.1) is 10.5 Å². The third-order valence-corrected chi connectivity index (χ3v) is 8.31. The van der Waals surface area contributed by atoms with Crippen molar-refractivity contribution >= 4 is 32.5 Å².